The summed E-state index contributed by atoms with van der Waals surface area (Å²) in [6.07, 6.45) is 3.35. The molecule has 0 unspecified atom stereocenters. The van der Waals surface area contributed by atoms with E-state index in [9.17, 15) is 4.79 Å². The Bertz CT molecular complexity index is 775. The van der Waals surface area contributed by atoms with E-state index >= 15 is 0 Å². The van der Waals surface area contributed by atoms with Gasteiger partial charge in [0.05, 0.1) is 17.9 Å². The van der Waals surface area contributed by atoms with Crippen LogP contribution in [0.5, 0.6) is 0 Å². The van der Waals surface area contributed by atoms with Crippen LogP contribution in [-0.4, -0.2) is 44.2 Å². The molecule has 25 heavy (non-hydrogen) atoms. The van der Waals surface area contributed by atoms with Crippen LogP contribution in [0.3, 0.4) is 0 Å². The number of carbonyl (C=O) groups is 1. The number of benzene rings is 1. The maximum absolute atomic E-state index is 12.7. The minimum Gasteiger partial charge on any atom is -0.369 e. The van der Waals surface area contributed by atoms with E-state index in [1.807, 2.05) is 24.3 Å². The van der Waals surface area contributed by atoms with Crippen LogP contribution in [0.25, 0.3) is 0 Å². The molecule has 0 saturated carbocycles. The van der Waals surface area contributed by atoms with Crippen LogP contribution in [0.1, 0.15) is 38.6 Å². The summed E-state index contributed by atoms with van der Waals surface area (Å²) in [4.78, 5) is 15.0. The lowest BCUT2D eigenvalue weighted by molar-refractivity contribution is -0.122. The fraction of sp³-hybridized carbons (Fsp3) is 0.500. The highest BCUT2D eigenvalue weighted by Gasteiger charge is 2.44. The van der Waals surface area contributed by atoms with Crippen LogP contribution in [0, 0.1) is 0 Å². The molecular weight excluding hydrogens is 316 g/mol. The smallest absolute Gasteiger partial charge is 0.250 e. The van der Waals surface area contributed by atoms with Gasteiger partial charge in [-0.05, 0) is 38.8 Å². The molecule has 1 aromatic heterocycles. The topological polar surface area (TPSA) is 75.1 Å². The Kier molecular flexibility index (Phi) is 3.95. The van der Waals surface area contributed by atoms with E-state index < -0.39 is 5.54 Å². The largest absolute Gasteiger partial charge is 0.369 e. The number of carbonyl (C=O) groups excluding carboxylic acids is 1. The Balaban J connectivity index is 1.45. The summed E-state index contributed by atoms with van der Waals surface area (Å²) >= 11 is 0. The molecule has 1 amide bonds. The maximum atomic E-state index is 12.7. The van der Waals surface area contributed by atoms with Gasteiger partial charge in [0.2, 0.25) is 5.91 Å². The summed E-state index contributed by atoms with van der Waals surface area (Å²) in [6, 6.07) is 8.23. The van der Waals surface area contributed by atoms with Crippen molar-refractivity contribution in [2.45, 2.75) is 44.8 Å². The summed E-state index contributed by atoms with van der Waals surface area (Å²) < 4.78 is 2.10. The molecular formula is C18H24N6O. The number of para-hydroxylation sites is 2. The molecule has 0 bridgehead atoms. The number of amides is 1. The van der Waals surface area contributed by atoms with E-state index in [1.54, 1.807) is 6.33 Å². The molecule has 0 radical (unpaired) electrons. The summed E-state index contributed by atoms with van der Waals surface area (Å²) in [6.45, 7) is 6.74. The minimum absolute atomic E-state index is 0.0798. The molecule has 4 rings (SSSR count). The van der Waals surface area contributed by atoms with Gasteiger partial charge in [-0.15, -0.1) is 10.2 Å². The summed E-state index contributed by atoms with van der Waals surface area (Å²) in [5, 5.41) is 14.9. The highest BCUT2D eigenvalue weighted by Crippen LogP contribution is 2.36. The molecule has 3 heterocycles. The zero-order chi connectivity index (χ0) is 17.4. The van der Waals surface area contributed by atoms with Crippen LogP contribution >= 0.6 is 0 Å². The number of nitrogens with zero attached hydrogens (tertiary/aromatic N) is 4. The first-order valence-electron chi connectivity index (χ1n) is 8.87. The normalized spacial score (nSPS) is 19.6. The van der Waals surface area contributed by atoms with Gasteiger partial charge in [0.1, 0.15) is 17.7 Å². The zero-order valence-corrected chi connectivity index (χ0v) is 14.7. The van der Waals surface area contributed by atoms with Gasteiger partial charge < -0.3 is 15.2 Å². The number of rotatable bonds is 3. The molecule has 2 aliphatic heterocycles. The molecule has 0 aliphatic carbocycles. The Morgan fingerprint density at radius 2 is 1.92 bits per heavy atom. The number of nitrogens with one attached hydrogen (secondary N) is 2. The Hall–Kier alpha value is -2.41. The zero-order valence-electron chi connectivity index (χ0n) is 14.7. The molecule has 1 aromatic carbocycles. The molecule has 7 heteroatoms. The van der Waals surface area contributed by atoms with Crippen molar-refractivity contribution in [3.8, 4) is 0 Å². The number of fused-ring (bicyclic) bond motifs is 1. The average Bonchev–Trinajstić information content (AvgIpc) is 3.06. The Morgan fingerprint density at radius 3 is 2.64 bits per heavy atom. The van der Waals surface area contributed by atoms with E-state index in [0.717, 1.165) is 49.7 Å². The third-order valence-electron chi connectivity index (χ3n) is 5.26. The van der Waals surface area contributed by atoms with E-state index in [0.29, 0.717) is 6.04 Å². The van der Waals surface area contributed by atoms with Crippen molar-refractivity contribution in [1.82, 2.24) is 19.7 Å². The molecule has 2 aromatic rings. The van der Waals surface area contributed by atoms with Crippen LogP contribution < -0.4 is 10.6 Å². The van der Waals surface area contributed by atoms with Gasteiger partial charge in [0, 0.05) is 19.1 Å². The van der Waals surface area contributed by atoms with Gasteiger partial charge in [-0.25, -0.2) is 0 Å². The standard InChI is InChI=1S/C18H24N6O/c1-13(2)24-12-19-22-16(24)11-23-9-7-18(8-10-23)17(25)20-14-5-3-4-6-15(14)21-18/h3-6,12-13,21H,7-11H2,1-2H3,(H,20,25). The molecule has 1 spiro atoms. The van der Waals surface area contributed by atoms with Gasteiger partial charge in [-0.2, -0.15) is 0 Å². The first kappa shape index (κ1) is 16.1. The molecule has 2 aliphatic rings. The first-order chi connectivity index (χ1) is 12.1. The van der Waals surface area contributed by atoms with E-state index in [2.05, 4.69) is 44.1 Å². The number of aromatic nitrogens is 3. The fourth-order valence-corrected chi connectivity index (χ4v) is 3.71. The third-order valence-corrected chi connectivity index (χ3v) is 5.26. The minimum atomic E-state index is -0.503. The van der Waals surface area contributed by atoms with Crippen molar-refractivity contribution in [3.63, 3.8) is 0 Å². The average molecular weight is 340 g/mol. The lowest BCUT2D eigenvalue weighted by Gasteiger charge is -2.44. The van der Waals surface area contributed by atoms with Crippen molar-refractivity contribution in [1.29, 1.82) is 0 Å². The Labute approximate surface area is 147 Å². The van der Waals surface area contributed by atoms with E-state index in [-0.39, 0.29) is 5.91 Å². The lowest BCUT2D eigenvalue weighted by atomic mass is 9.84. The predicted molar refractivity (Wildman–Crippen MR) is 96.3 cm³/mol. The molecule has 1 fully saturated rings. The number of piperidine rings is 1. The summed E-state index contributed by atoms with van der Waals surface area (Å²) in [7, 11) is 0. The van der Waals surface area contributed by atoms with Crippen LogP contribution in [0.15, 0.2) is 30.6 Å². The summed E-state index contributed by atoms with van der Waals surface area (Å²) in [5.74, 6) is 1.06. The van der Waals surface area contributed by atoms with Crippen molar-refractivity contribution in [2.24, 2.45) is 0 Å². The first-order valence-corrected chi connectivity index (χ1v) is 8.87. The van der Waals surface area contributed by atoms with Gasteiger partial charge in [0.25, 0.3) is 0 Å². The molecule has 7 nitrogen and oxygen atoms in total. The second kappa shape index (κ2) is 6.15. The highest BCUT2D eigenvalue weighted by atomic mass is 16.2. The Morgan fingerprint density at radius 1 is 1.20 bits per heavy atom. The van der Waals surface area contributed by atoms with Gasteiger partial charge >= 0.3 is 0 Å². The second-order valence-electron chi connectivity index (χ2n) is 7.23. The predicted octanol–water partition coefficient (Wildman–Crippen LogP) is 2.26. The van der Waals surface area contributed by atoms with Crippen molar-refractivity contribution >= 4 is 17.3 Å². The lowest BCUT2D eigenvalue weighted by Crippen LogP contribution is -2.58. The van der Waals surface area contributed by atoms with Crippen molar-refractivity contribution < 1.29 is 4.79 Å². The highest BCUT2D eigenvalue weighted by molar-refractivity contribution is 6.06. The second-order valence-corrected chi connectivity index (χ2v) is 7.23. The SMILES string of the molecule is CC(C)n1cnnc1CN1CCC2(CC1)Nc1ccccc1NC2=O. The van der Waals surface area contributed by atoms with Gasteiger partial charge in [-0.3, -0.25) is 9.69 Å². The van der Waals surface area contributed by atoms with Gasteiger partial charge in [0.15, 0.2) is 0 Å². The van der Waals surface area contributed by atoms with Crippen molar-refractivity contribution in [3.05, 3.63) is 36.4 Å². The van der Waals surface area contributed by atoms with Crippen LogP contribution in [0.2, 0.25) is 0 Å². The number of hydrogen-bond acceptors (Lipinski definition) is 5. The molecule has 1 saturated heterocycles. The quantitative estimate of drug-likeness (QED) is 0.896. The van der Waals surface area contributed by atoms with Crippen LogP contribution in [-0.2, 0) is 11.3 Å². The number of anilines is 2. The molecule has 0 atom stereocenters. The van der Waals surface area contributed by atoms with Gasteiger partial charge in [-0.1, -0.05) is 12.1 Å². The van der Waals surface area contributed by atoms with Crippen molar-refractivity contribution in [2.75, 3.05) is 23.7 Å². The maximum Gasteiger partial charge on any atom is 0.250 e. The van der Waals surface area contributed by atoms with E-state index in [1.165, 1.54) is 0 Å². The summed E-state index contributed by atoms with van der Waals surface area (Å²) in [5.41, 5.74) is 1.37. The third kappa shape index (κ3) is 2.89. The number of likely N-dealkylation sites (tertiary alicyclic amines) is 1. The number of hydrogen-bond donors (Lipinski definition) is 2. The van der Waals surface area contributed by atoms with Crippen LogP contribution in [0.4, 0.5) is 11.4 Å². The molecule has 2 N–H and O–H groups in total. The van der Waals surface area contributed by atoms with E-state index in [4.69, 9.17) is 0 Å². The fourth-order valence-electron chi connectivity index (χ4n) is 3.71. The molecule has 132 valence electrons. The monoisotopic (exact) mass is 340 g/mol.